The number of methoxy groups -OCH3 is 1. The molecule has 0 atom stereocenters. The Kier molecular flexibility index (Phi) is 6.85. The molecule has 32 heavy (non-hydrogen) atoms. The zero-order valence-electron chi connectivity index (χ0n) is 18.8. The van der Waals surface area contributed by atoms with Crippen LogP contribution < -0.4 is 11.5 Å². The summed E-state index contributed by atoms with van der Waals surface area (Å²) in [6.45, 7) is 5.97. The average molecular weight is 429 g/mol. The lowest BCUT2D eigenvalue weighted by Gasteiger charge is -2.22. The van der Waals surface area contributed by atoms with Gasteiger partial charge in [-0.1, -0.05) is 12.1 Å². The Labute approximate surface area is 188 Å². The van der Waals surface area contributed by atoms with Gasteiger partial charge in [0.1, 0.15) is 11.3 Å². The molecule has 6 nitrogen and oxygen atoms in total. The highest BCUT2D eigenvalue weighted by Crippen LogP contribution is 2.30. The maximum Gasteiger partial charge on any atom is 0.168 e. The molecule has 2 heterocycles. The molecule has 6 heteroatoms. The molecule has 0 saturated heterocycles. The van der Waals surface area contributed by atoms with Crippen molar-refractivity contribution in [2.45, 2.75) is 26.4 Å². The maximum absolute atomic E-state index is 11.1. The molecule has 0 bridgehead atoms. The van der Waals surface area contributed by atoms with Gasteiger partial charge in [-0.3, -0.25) is 14.8 Å². The van der Waals surface area contributed by atoms with E-state index in [1.165, 1.54) is 6.20 Å². The van der Waals surface area contributed by atoms with Crippen LogP contribution in [-0.2, 0) is 10.3 Å². The minimum atomic E-state index is -0.492. The minimum absolute atomic E-state index is 0.333. The lowest BCUT2D eigenvalue weighted by molar-refractivity contribution is 0.0155. The average Bonchev–Trinajstić information content (AvgIpc) is 2.82. The second kappa shape index (κ2) is 9.58. The van der Waals surface area contributed by atoms with Crippen molar-refractivity contribution in [1.29, 1.82) is 0 Å². The Morgan fingerprint density at radius 3 is 2.44 bits per heavy atom. The highest BCUT2D eigenvalue weighted by Gasteiger charge is 2.21. The number of pyridine rings is 2. The molecule has 0 aliphatic carbocycles. The fraction of sp³-hybridized carbons (Fsp3) is 0.192. The first-order chi connectivity index (χ1) is 15.3. The molecule has 2 aromatic heterocycles. The van der Waals surface area contributed by atoms with Crippen LogP contribution in [0.3, 0.4) is 0 Å². The number of hydrogen-bond donors (Lipinski definition) is 2. The zero-order chi connectivity index (χ0) is 23.3. The third-order valence-electron chi connectivity index (χ3n) is 5.49. The molecule has 0 spiro atoms. The van der Waals surface area contributed by atoms with Crippen molar-refractivity contribution in [3.8, 4) is 11.1 Å². The third kappa shape index (κ3) is 4.92. The van der Waals surface area contributed by atoms with Gasteiger partial charge >= 0.3 is 0 Å². The number of aryl methyl sites for hydroxylation is 1. The Balaban J connectivity index is 2.01. The number of carbonyl (C=O) groups excluding carboxylic acids is 1. The Morgan fingerprint density at radius 2 is 1.75 bits per heavy atom. The Morgan fingerprint density at radius 1 is 1.03 bits per heavy atom. The molecule has 4 N–H and O–H groups in total. The van der Waals surface area contributed by atoms with Crippen LogP contribution in [0.5, 0.6) is 0 Å². The fourth-order valence-corrected chi connectivity index (χ4v) is 3.32. The van der Waals surface area contributed by atoms with Gasteiger partial charge in [0.2, 0.25) is 0 Å². The lowest BCUT2D eigenvalue weighted by Crippen LogP contribution is -2.20. The van der Waals surface area contributed by atoms with E-state index in [1.54, 1.807) is 31.6 Å². The van der Waals surface area contributed by atoms with Crippen LogP contribution in [0.2, 0.25) is 0 Å². The number of rotatable bonds is 7. The molecule has 0 aliphatic heterocycles. The molecule has 0 unspecified atom stereocenters. The van der Waals surface area contributed by atoms with E-state index in [2.05, 4.69) is 22.1 Å². The van der Waals surface area contributed by atoms with Crippen LogP contribution in [-0.4, -0.2) is 23.4 Å². The summed E-state index contributed by atoms with van der Waals surface area (Å²) in [5.74, 6) is 0. The van der Waals surface area contributed by atoms with Gasteiger partial charge in [0.25, 0.3) is 0 Å². The predicted octanol–water partition coefficient (Wildman–Crippen LogP) is 4.45. The number of aldehydes is 1. The lowest BCUT2D eigenvalue weighted by atomic mass is 9.95. The topological polar surface area (TPSA) is 104 Å². The molecule has 3 rings (SSSR count). The smallest absolute Gasteiger partial charge is 0.168 e. The van der Waals surface area contributed by atoms with E-state index < -0.39 is 5.60 Å². The summed E-state index contributed by atoms with van der Waals surface area (Å²) in [6, 6.07) is 13.6. The summed E-state index contributed by atoms with van der Waals surface area (Å²) in [6.07, 6.45) is 7.33. The Hall–Kier alpha value is -3.77. The monoisotopic (exact) mass is 428 g/mol. The van der Waals surface area contributed by atoms with Gasteiger partial charge in [0.15, 0.2) is 6.29 Å². The van der Waals surface area contributed by atoms with Crippen LogP contribution in [0.4, 0.5) is 0 Å². The fourth-order valence-electron chi connectivity index (χ4n) is 3.32. The molecule has 3 aromatic rings. The van der Waals surface area contributed by atoms with E-state index in [9.17, 15) is 4.79 Å². The quantitative estimate of drug-likeness (QED) is 0.426. The second-order valence-corrected chi connectivity index (χ2v) is 7.98. The maximum atomic E-state index is 11.1. The van der Waals surface area contributed by atoms with Gasteiger partial charge in [-0.25, -0.2) is 0 Å². The standard InChI is InChI=1S/C26H28N4O2/c1-17-5-6-18(20-8-10-30-25(14-20)26(2,3)32-4)12-23(17)24(28)13-21(15-27)19-7-9-29-22(11-19)16-31/h5-16H,27-28H2,1-4H3/b21-15+,24-13-. The van der Waals surface area contributed by atoms with Gasteiger partial charge in [0, 0.05) is 37.0 Å². The summed E-state index contributed by atoms with van der Waals surface area (Å²) in [4.78, 5) is 19.5. The number of nitrogens with zero attached hydrogens (tertiary/aromatic N) is 2. The number of carbonyl (C=O) groups is 1. The number of ether oxygens (including phenoxy) is 1. The SMILES string of the molecule is COC(C)(C)c1cc(-c2ccc(C)c(/C(N)=C/C(=C\N)c3ccnc(C=O)c3)c2)ccn1. The zero-order valence-corrected chi connectivity index (χ0v) is 18.8. The van der Waals surface area contributed by atoms with Crippen LogP contribution in [0.1, 0.15) is 46.7 Å². The summed E-state index contributed by atoms with van der Waals surface area (Å²) < 4.78 is 5.57. The van der Waals surface area contributed by atoms with Crippen LogP contribution >= 0.6 is 0 Å². The summed E-state index contributed by atoms with van der Waals surface area (Å²) in [5.41, 5.74) is 19.1. The van der Waals surface area contributed by atoms with Crippen LogP contribution in [0, 0.1) is 6.92 Å². The minimum Gasteiger partial charge on any atom is -0.404 e. The van der Waals surface area contributed by atoms with E-state index in [0.717, 1.165) is 33.5 Å². The number of hydrogen-bond acceptors (Lipinski definition) is 6. The molecular formula is C26H28N4O2. The first-order valence-corrected chi connectivity index (χ1v) is 10.2. The first-order valence-electron chi connectivity index (χ1n) is 10.2. The number of allylic oxidation sites excluding steroid dienone is 2. The molecule has 0 aliphatic rings. The van der Waals surface area contributed by atoms with Crippen LogP contribution in [0.25, 0.3) is 22.4 Å². The van der Waals surface area contributed by atoms with Crippen molar-refractivity contribution in [2.75, 3.05) is 7.11 Å². The second-order valence-electron chi connectivity index (χ2n) is 7.98. The number of aromatic nitrogens is 2. The normalized spacial score (nSPS) is 12.6. The van der Waals surface area contributed by atoms with Gasteiger partial charge in [0.05, 0.1) is 5.69 Å². The molecule has 0 fully saturated rings. The van der Waals surface area contributed by atoms with Crippen molar-refractivity contribution in [2.24, 2.45) is 11.5 Å². The molecular weight excluding hydrogens is 400 g/mol. The summed E-state index contributed by atoms with van der Waals surface area (Å²) in [7, 11) is 1.67. The van der Waals surface area contributed by atoms with Crippen molar-refractivity contribution in [3.63, 3.8) is 0 Å². The molecule has 0 saturated carbocycles. The molecule has 1 aromatic carbocycles. The van der Waals surface area contributed by atoms with Gasteiger partial charge in [-0.15, -0.1) is 0 Å². The van der Waals surface area contributed by atoms with E-state index in [0.29, 0.717) is 23.3 Å². The van der Waals surface area contributed by atoms with Crippen LogP contribution in [0.15, 0.2) is 67.1 Å². The highest BCUT2D eigenvalue weighted by molar-refractivity contribution is 5.85. The first kappa shape index (κ1) is 22.9. The third-order valence-corrected chi connectivity index (χ3v) is 5.49. The Bertz CT molecular complexity index is 1200. The predicted molar refractivity (Wildman–Crippen MR) is 128 cm³/mol. The van der Waals surface area contributed by atoms with Gasteiger partial charge in [-0.05, 0) is 85.0 Å². The van der Waals surface area contributed by atoms with Crippen molar-refractivity contribution in [1.82, 2.24) is 9.97 Å². The summed E-state index contributed by atoms with van der Waals surface area (Å²) in [5, 5.41) is 0. The largest absolute Gasteiger partial charge is 0.404 e. The van der Waals surface area contributed by atoms with Gasteiger partial charge in [-0.2, -0.15) is 0 Å². The molecule has 164 valence electrons. The number of benzene rings is 1. The van der Waals surface area contributed by atoms with Crippen molar-refractivity contribution < 1.29 is 9.53 Å². The van der Waals surface area contributed by atoms with E-state index in [-0.39, 0.29) is 0 Å². The van der Waals surface area contributed by atoms with E-state index >= 15 is 0 Å². The molecule has 0 amide bonds. The van der Waals surface area contributed by atoms with E-state index in [1.807, 2.05) is 45.0 Å². The molecule has 0 radical (unpaired) electrons. The van der Waals surface area contributed by atoms with E-state index in [4.69, 9.17) is 16.2 Å². The van der Waals surface area contributed by atoms with Crippen molar-refractivity contribution >= 4 is 17.6 Å². The summed E-state index contributed by atoms with van der Waals surface area (Å²) >= 11 is 0. The van der Waals surface area contributed by atoms with Crippen molar-refractivity contribution in [3.05, 3.63) is 95.2 Å². The highest BCUT2D eigenvalue weighted by atomic mass is 16.5. The number of nitrogens with two attached hydrogens (primary N) is 2. The van der Waals surface area contributed by atoms with Gasteiger partial charge < -0.3 is 16.2 Å².